The lowest BCUT2D eigenvalue weighted by molar-refractivity contribution is -0.122. The highest BCUT2D eigenvalue weighted by Gasteiger charge is 2.37. The van der Waals surface area contributed by atoms with Crippen molar-refractivity contribution in [2.24, 2.45) is 0 Å². The lowest BCUT2D eigenvalue weighted by atomic mass is 9.96. The molecule has 3 aromatic heterocycles. The van der Waals surface area contributed by atoms with Gasteiger partial charge in [-0.3, -0.25) is 14.6 Å². The molecule has 1 atom stereocenters. The van der Waals surface area contributed by atoms with Crippen molar-refractivity contribution < 1.29 is 14.6 Å². The highest BCUT2D eigenvalue weighted by molar-refractivity contribution is 7.19. The van der Waals surface area contributed by atoms with Gasteiger partial charge in [-0.05, 0) is 51.0 Å². The van der Waals surface area contributed by atoms with Crippen molar-refractivity contribution in [3.63, 3.8) is 0 Å². The van der Waals surface area contributed by atoms with E-state index in [1.54, 1.807) is 23.6 Å². The molecule has 4 aromatic rings. The lowest BCUT2D eigenvalue weighted by Gasteiger charge is -2.37. The number of anilines is 1. The van der Waals surface area contributed by atoms with Crippen LogP contribution in [-0.2, 0) is 11.3 Å². The summed E-state index contributed by atoms with van der Waals surface area (Å²) in [4.78, 5) is 28.8. The standard InChI is InChI=1S/C28H28N6O2S.CH2O2/c1-17-8-25(35)34(32-14-17)16-20-11-23-27(37-20)21(4-5-30-23)22-9-18(13-29)10-24-26(22)33(6-7-36-24)19-12-28(2,3)31-15-19;2-1-3/h4-5,8-11,14,19,31H,6-7,12,15-16H2,1-3H3;1H,(H,2,3)/t19-;/m0./s1. The fourth-order valence-electron chi connectivity index (χ4n) is 5.43. The molecular formula is C29H30N6O4S. The first-order chi connectivity index (χ1) is 19.2. The van der Waals surface area contributed by atoms with Crippen LogP contribution < -0.4 is 20.5 Å². The van der Waals surface area contributed by atoms with Crippen LogP contribution in [0.15, 0.2) is 47.5 Å². The number of aromatic nitrogens is 3. The number of thiophene rings is 1. The van der Waals surface area contributed by atoms with Gasteiger partial charge in [0.1, 0.15) is 12.4 Å². The van der Waals surface area contributed by atoms with Gasteiger partial charge in [0.15, 0.2) is 0 Å². The van der Waals surface area contributed by atoms with Gasteiger partial charge in [0.05, 0.1) is 46.8 Å². The second kappa shape index (κ2) is 11.1. The number of hydrogen-bond acceptors (Lipinski definition) is 9. The Labute approximate surface area is 235 Å². The van der Waals surface area contributed by atoms with E-state index >= 15 is 0 Å². The van der Waals surface area contributed by atoms with E-state index in [1.807, 2.05) is 37.4 Å². The summed E-state index contributed by atoms with van der Waals surface area (Å²) in [6.45, 7) is 8.75. The van der Waals surface area contributed by atoms with E-state index in [4.69, 9.17) is 14.6 Å². The third kappa shape index (κ3) is 5.41. The molecule has 10 nitrogen and oxygen atoms in total. The minimum atomic E-state index is -0.250. The van der Waals surface area contributed by atoms with Gasteiger partial charge in [0.2, 0.25) is 0 Å². The van der Waals surface area contributed by atoms with E-state index < -0.39 is 0 Å². The predicted octanol–water partition coefficient (Wildman–Crippen LogP) is 3.79. The molecule has 0 unspecified atom stereocenters. The number of ether oxygens (including phenoxy) is 1. The Balaban J connectivity index is 0.00000103. The van der Waals surface area contributed by atoms with Crippen molar-refractivity contribution in [2.45, 2.75) is 45.3 Å². The fourth-order valence-corrected chi connectivity index (χ4v) is 6.55. The number of carboxylic acid groups (broad SMARTS) is 1. The van der Waals surface area contributed by atoms with E-state index in [-0.39, 0.29) is 17.6 Å². The van der Waals surface area contributed by atoms with Crippen LogP contribution in [0.3, 0.4) is 0 Å². The van der Waals surface area contributed by atoms with Gasteiger partial charge in [-0.25, -0.2) is 4.68 Å². The number of fused-ring (bicyclic) bond motifs is 2. The number of nitriles is 1. The van der Waals surface area contributed by atoms with Gasteiger partial charge in [-0.15, -0.1) is 11.3 Å². The Bertz CT molecular complexity index is 1670. The second-order valence-electron chi connectivity index (χ2n) is 10.6. The van der Waals surface area contributed by atoms with Gasteiger partial charge in [-0.1, -0.05) is 0 Å². The number of nitrogens with zero attached hydrogens (tertiary/aromatic N) is 5. The number of aryl methyl sites for hydroxylation is 1. The van der Waals surface area contributed by atoms with Crippen molar-refractivity contribution in [3.05, 3.63) is 69.1 Å². The molecule has 2 aliphatic heterocycles. The third-order valence-corrected chi connectivity index (χ3v) is 8.29. The maximum atomic E-state index is 12.4. The zero-order valence-electron chi connectivity index (χ0n) is 22.5. The van der Waals surface area contributed by atoms with Gasteiger partial charge >= 0.3 is 0 Å². The number of carbonyl (C=O) groups is 1. The number of hydrogen-bond donors (Lipinski definition) is 2. The summed E-state index contributed by atoms with van der Waals surface area (Å²) in [6.07, 6.45) is 4.54. The summed E-state index contributed by atoms with van der Waals surface area (Å²) < 4.78 is 8.61. The summed E-state index contributed by atoms with van der Waals surface area (Å²) in [6, 6.07) is 12.1. The van der Waals surface area contributed by atoms with Crippen molar-refractivity contribution in [2.75, 3.05) is 24.6 Å². The topological polar surface area (TPSA) is 133 Å². The van der Waals surface area contributed by atoms with E-state index in [2.05, 4.69) is 40.2 Å². The molecule has 5 heterocycles. The minimum absolute atomic E-state index is 0.0740. The minimum Gasteiger partial charge on any atom is -0.489 e. The number of rotatable bonds is 4. The van der Waals surface area contributed by atoms with E-state index in [0.717, 1.165) is 62.7 Å². The zero-order chi connectivity index (χ0) is 28.4. The smallest absolute Gasteiger partial charge is 0.290 e. The molecule has 11 heteroatoms. The molecule has 2 N–H and O–H groups in total. The van der Waals surface area contributed by atoms with Crippen LogP contribution in [0.2, 0.25) is 0 Å². The molecule has 0 spiro atoms. The average molecular weight is 559 g/mol. The Morgan fingerprint density at radius 3 is 2.80 bits per heavy atom. The predicted molar refractivity (Wildman–Crippen MR) is 154 cm³/mol. The maximum Gasteiger partial charge on any atom is 0.290 e. The molecule has 0 radical (unpaired) electrons. The van der Waals surface area contributed by atoms with Crippen LogP contribution in [0.1, 0.15) is 36.3 Å². The molecule has 40 heavy (non-hydrogen) atoms. The molecule has 0 saturated carbocycles. The highest BCUT2D eigenvalue weighted by atomic mass is 32.1. The van der Waals surface area contributed by atoms with Gasteiger partial charge in [-0.2, -0.15) is 10.4 Å². The second-order valence-corrected chi connectivity index (χ2v) is 11.7. The van der Waals surface area contributed by atoms with Crippen molar-refractivity contribution in [3.8, 4) is 22.9 Å². The third-order valence-electron chi connectivity index (χ3n) is 7.15. The molecule has 206 valence electrons. The fraction of sp³-hybridized carbons (Fsp3) is 0.345. The molecule has 1 aromatic carbocycles. The normalized spacial score (nSPS) is 17.4. The zero-order valence-corrected chi connectivity index (χ0v) is 23.4. The van der Waals surface area contributed by atoms with Crippen molar-refractivity contribution >= 4 is 33.7 Å². The number of pyridine rings is 1. The van der Waals surface area contributed by atoms with Crippen LogP contribution in [0.4, 0.5) is 5.69 Å². The van der Waals surface area contributed by atoms with Gasteiger partial charge in [0, 0.05) is 52.5 Å². The average Bonchev–Trinajstić information content (AvgIpc) is 3.51. The molecular weight excluding hydrogens is 528 g/mol. The van der Waals surface area contributed by atoms with E-state index in [0.29, 0.717) is 24.8 Å². The largest absolute Gasteiger partial charge is 0.489 e. The van der Waals surface area contributed by atoms with E-state index in [1.165, 1.54) is 4.68 Å². The van der Waals surface area contributed by atoms with Crippen LogP contribution in [0.5, 0.6) is 5.75 Å². The van der Waals surface area contributed by atoms with Crippen LogP contribution in [0, 0.1) is 18.3 Å². The van der Waals surface area contributed by atoms with Crippen molar-refractivity contribution in [1.29, 1.82) is 5.26 Å². The summed E-state index contributed by atoms with van der Waals surface area (Å²) in [5.74, 6) is 0.752. The highest BCUT2D eigenvalue weighted by Crippen LogP contribution is 2.46. The number of benzene rings is 1. The molecule has 0 bridgehead atoms. The first kappa shape index (κ1) is 27.3. The maximum absolute atomic E-state index is 12.4. The van der Waals surface area contributed by atoms with Gasteiger partial charge in [0.25, 0.3) is 12.0 Å². The summed E-state index contributed by atoms with van der Waals surface area (Å²) in [7, 11) is 0. The van der Waals surface area contributed by atoms with Crippen LogP contribution >= 0.6 is 11.3 Å². The Morgan fingerprint density at radius 2 is 2.10 bits per heavy atom. The first-order valence-electron chi connectivity index (χ1n) is 12.9. The Hall–Kier alpha value is -4.27. The summed E-state index contributed by atoms with van der Waals surface area (Å²) >= 11 is 1.61. The number of nitrogens with one attached hydrogen (secondary N) is 1. The van der Waals surface area contributed by atoms with Crippen LogP contribution in [-0.4, -0.2) is 57.6 Å². The molecule has 0 amide bonds. The summed E-state index contributed by atoms with van der Waals surface area (Å²) in [5.41, 5.74) is 5.25. The summed E-state index contributed by atoms with van der Waals surface area (Å²) in [5, 5.41) is 24.6. The van der Waals surface area contributed by atoms with Crippen LogP contribution in [0.25, 0.3) is 21.3 Å². The van der Waals surface area contributed by atoms with Crippen molar-refractivity contribution in [1.82, 2.24) is 20.1 Å². The quantitative estimate of drug-likeness (QED) is 0.359. The lowest BCUT2D eigenvalue weighted by Crippen LogP contribution is -2.42. The molecule has 2 aliphatic rings. The molecule has 0 aliphatic carbocycles. The first-order valence-corrected chi connectivity index (χ1v) is 13.8. The molecule has 6 rings (SSSR count). The Kier molecular flexibility index (Phi) is 7.56. The Morgan fingerprint density at radius 1 is 1.30 bits per heavy atom. The van der Waals surface area contributed by atoms with E-state index in [9.17, 15) is 10.1 Å². The molecule has 1 saturated heterocycles. The monoisotopic (exact) mass is 558 g/mol. The van der Waals surface area contributed by atoms with Gasteiger partial charge < -0.3 is 20.1 Å². The molecule has 1 fully saturated rings. The SMILES string of the molecule is Cc1cnn(Cc2cc3nccc(-c4cc(C#N)cc5c4N([C@@H]4CNC(C)(C)C4)CCO5)c3s2)c(=O)c1.O=CO.